The van der Waals surface area contributed by atoms with Gasteiger partial charge in [-0.1, -0.05) is 6.07 Å². The number of aryl methyl sites for hydroxylation is 1. The number of carbonyl (C=O) groups is 1. The van der Waals surface area contributed by atoms with E-state index in [2.05, 4.69) is 10.3 Å². The van der Waals surface area contributed by atoms with Crippen molar-refractivity contribution in [2.45, 2.75) is 26.8 Å². The van der Waals surface area contributed by atoms with E-state index in [1.165, 1.54) is 6.92 Å². The molecule has 0 aliphatic carbocycles. The number of hydrogen-bond donors (Lipinski definition) is 1. The second-order valence-electron chi connectivity index (χ2n) is 3.95. The van der Waals surface area contributed by atoms with Crippen LogP contribution in [0, 0.1) is 6.92 Å². The highest BCUT2D eigenvalue weighted by Gasteiger charge is 2.13. The number of rotatable bonds is 2. The molecule has 84 valence electrons. The Morgan fingerprint density at radius 3 is 2.94 bits per heavy atom. The molecular formula is C12H14N2O2. The second kappa shape index (κ2) is 3.96. The highest BCUT2D eigenvalue weighted by molar-refractivity contribution is 5.74. The van der Waals surface area contributed by atoms with Crippen molar-refractivity contribution in [3.05, 3.63) is 29.7 Å². The van der Waals surface area contributed by atoms with Crippen molar-refractivity contribution in [2.24, 2.45) is 0 Å². The van der Waals surface area contributed by atoms with E-state index in [9.17, 15) is 4.79 Å². The van der Waals surface area contributed by atoms with Gasteiger partial charge in [0.15, 0.2) is 5.58 Å². The maximum absolute atomic E-state index is 10.9. The molecule has 1 atom stereocenters. The molecule has 0 saturated carbocycles. The van der Waals surface area contributed by atoms with Crippen LogP contribution in [0.3, 0.4) is 0 Å². The van der Waals surface area contributed by atoms with Crippen molar-refractivity contribution >= 4 is 17.0 Å². The molecule has 1 aromatic carbocycles. The number of hydrogen-bond acceptors (Lipinski definition) is 3. The lowest BCUT2D eigenvalue weighted by Crippen LogP contribution is -2.23. The third-order valence-electron chi connectivity index (χ3n) is 2.35. The molecule has 1 aromatic heterocycles. The molecule has 1 unspecified atom stereocenters. The topological polar surface area (TPSA) is 55.1 Å². The van der Waals surface area contributed by atoms with Gasteiger partial charge in [0, 0.05) is 6.92 Å². The largest absolute Gasteiger partial charge is 0.438 e. The highest BCUT2D eigenvalue weighted by atomic mass is 16.3. The first-order valence-electron chi connectivity index (χ1n) is 5.20. The fraction of sp³-hybridized carbons (Fsp3) is 0.333. The number of nitrogens with zero attached hydrogens (tertiary/aromatic N) is 1. The van der Waals surface area contributed by atoms with Crippen molar-refractivity contribution in [1.29, 1.82) is 0 Å². The summed E-state index contributed by atoms with van der Waals surface area (Å²) in [6.07, 6.45) is 0. The Morgan fingerprint density at radius 1 is 1.50 bits per heavy atom. The first kappa shape index (κ1) is 10.7. The Morgan fingerprint density at radius 2 is 2.25 bits per heavy atom. The van der Waals surface area contributed by atoms with Gasteiger partial charge >= 0.3 is 0 Å². The summed E-state index contributed by atoms with van der Waals surface area (Å²) in [4.78, 5) is 15.2. The number of carbonyl (C=O) groups excluding carboxylic acids is 1. The van der Waals surface area contributed by atoms with E-state index >= 15 is 0 Å². The van der Waals surface area contributed by atoms with Crippen LogP contribution in [0.15, 0.2) is 22.6 Å². The third-order valence-corrected chi connectivity index (χ3v) is 2.35. The van der Waals surface area contributed by atoms with Crippen LogP contribution >= 0.6 is 0 Å². The molecule has 2 aromatic rings. The maximum atomic E-state index is 10.9. The van der Waals surface area contributed by atoms with E-state index < -0.39 is 0 Å². The van der Waals surface area contributed by atoms with Crippen molar-refractivity contribution in [3.8, 4) is 0 Å². The predicted molar refractivity (Wildman–Crippen MR) is 61.0 cm³/mol. The molecular weight excluding hydrogens is 204 g/mol. The molecule has 0 aliphatic heterocycles. The first-order valence-corrected chi connectivity index (χ1v) is 5.20. The molecule has 1 amide bonds. The number of aromatic nitrogens is 1. The van der Waals surface area contributed by atoms with Gasteiger partial charge < -0.3 is 9.73 Å². The smallest absolute Gasteiger partial charge is 0.217 e. The monoisotopic (exact) mass is 218 g/mol. The minimum absolute atomic E-state index is 0.0917. The van der Waals surface area contributed by atoms with Crippen molar-refractivity contribution in [1.82, 2.24) is 10.3 Å². The van der Waals surface area contributed by atoms with Crippen LogP contribution in [0.25, 0.3) is 11.1 Å². The van der Waals surface area contributed by atoms with Crippen LogP contribution in [-0.4, -0.2) is 10.9 Å². The maximum Gasteiger partial charge on any atom is 0.217 e. The molecule has 2 rings (SSSR count). The summed E-state index contributed by atoms with van der Waals surface area (Å²) in [5.41, 5.74) is 2.70. The van der Waals surface area contributed by atoms with E-state index in [0.717, 1.165) is 16.7 Å². The fourth-order valence-electron chi connectivity index (χ4n) is 1.60. The van der Waals surface area contributed by atoms with Crippen LogP contribution in [0.1, 0.15) is 31.3 Å². The Balaban J connectivity index is 2.35. The van der Waals surface area contributed by atoms with E-state index in [1.54, 1.807) is 0 Å². The predicted octanol–water partition coefficient (Wildman–Crippen LogP) is 2.33. The number of fused-ring (bicyclic) bond motifs is 1. The molecule has 16 heavy (non-hydrogen) atoms. The Labute approximate surface area is 93.7 Å². The summed E-state index contributed by atoms with van der Waals surface area (Å²) in [6, 6.07) is 5.63. The van der Waals surface area contributed by atoms with Crippen LogP contribution in [0.4, 0.5) is 0 Å². The van der Waals surface area contributed by atoms with Gasteiger partial charge in [-0.05, 0) is 31.5 Å². The first-order chi connectivity index (χ1) is 7.56. The third kappa shape index (κ3) is 2.05. The molecule has 0 saturated heterocycles. The molecule has 0 fully saturated rings. The number of benzene rings is 1. The minimum atomic E-state index is -0.204. The summed E-state index contributed by atoms with van der Waals surface area (Å²) in [5.74, 6) is 0.446. The van der Waals surface area contributed by atoms with Gasteiger partial charge in [0.05, 0.1) is 0 Å². The number of nitrogens with one attached hydrogen (secondary N) is 1. The molecule has 0 spiro atoms. The quantitative estimate of drug-likeness (QED) is 0.841. The molecule has 1 heterocycles. The van der Waals surface area contributed by atoms with Gasteiger partial charge in [-0.25, -0.2) is 4.98 Å². The second-order valence-corrected chi connectivity index (χ2v) is 3.95. The number of oxazole rings is 1. The average Bonchev–Trinajstić information content (AvgIpc) is 2.59. The average molecular weight is 218 g/mol. The summed E-state index contributed by atoms with van der Waals surface area (Å²) >= 11 is 0. The minimum Gasteiger partial charge on any atom is -0.438 e. The molecule has 4 nitrogen and oxygen atoms in total. The molecule has 0 radical (unpaired) electrons. The lowest BCUT2D eigenvalue weighted by molar-refractivity contribution is -0.119. The van der Waals surface area contributed by atoms with E-state index in [-0.39, 0.29) is 11.9 Å². The lowest BCUT2D eigenvalue weighted by Gasteiger charge is -2.06. The van der Waals surface area contributed by atoms with Gasteiger partial charge in [-0.15, -0.1) is 0 Å². The van der Waals surface area contributed by atoms with Crippen LogP contribution < -0.4 is 5.32 Å². The summed E-state index contributed by atoms with van der Waals surface area (Å²) in [7, 11) is 0. The van der Waals surface area contributed by atoms with Gasteiger partial charge in [0.1, 0.15) is 11.6 Å². The zero-order valence-electron chi connectivity index (χ0n) is 9.57. The Bertz CT molecular complexity index is 531. The van der Waals surface area contributed by atoms with E-state index in [4.69, 9.17) is 4.42 Å². The molecule has 4 heteroatoms. The van der Waals surface area contributed by atoms with Gasteiger partial charge in [0.25, 0.3) is 0 Å². The zero-order chi connectivity index (χ0) is 11.7. The SMILES string of the molecule is CC(=O)NC(C)c1nc2ccc(C)cc2o1. The highest BCUT2D eigenvalue weighted by Crippen LogP contribution is 2.20. The lowest BCUT2D eigenvalue weighted by atomic mass is 10.2. The zero-order valence-corrected chi connectivity index (χ0v) is 9.57. The van der Waals surface area contributed by atoms with Crippen LogP contribution in [0.2, 0.25) is 0 Å². The molecule has 1 N–H and O–H groups in total. The van der Waals surface area contributed by atoms with Crippen LogP contribution in [-0.2, 0) is 4.79 Å². The normalized spacial score (nSPS) is 12.7. The summed E-state index contributed by atoms with van der Waals surface area (Å²) < 4.78 is 5.59. The molecule has 0 bridgehead atoms. The number of amides is 1. The van der Waals surface area contributed by atoms with Crippen molar-refractivity contribution < 1.29 is 9.21 Å². The Hall–Kier alpha value is -1.84. The standard InChI is InChI=1S/C12H14N2O2/c1-7-4-5-10-11(6-7)16-12(14-10)8(2)13-9(3)15/h4-6,8H,1-3H3,(H,13,15). The van der Waals surface area contributed by atoms with E-state index in [0.29, 0.717) is 5.89 Å². The van der Waals surface area contributed by atoms with Gasteiger partial charge in [0.2, 0.25) is 11.8 Å². The van der Waals surface area contributed by atoms with Gasteiger partial charge in [-0.3, -0.25) is 4.79 Å². The Kier molecular flexibility index (Phi) is 2.64. The van der Waals surface area contributed by atoms with Crippen molar-refractivity contribution in [2.75, 3.05) is 0 Å². The van der Waals surface area contributed by atoms with Crippen LogP contribution in [0.5, 0.6) is 0 Å². The summed E-state index contributed by atoms with van der Waals surface area (Å²) in [5, 5.41) is 2.74. The fourth-order valence-corrected chi connectivity index (χ4v) is 1.60. The van der Waals surface area contributed by atoms with Crippen molar-refractivity contribution in [3.63, 3.8) is 0 Å². The summed E-state index contributed by atoms with van der Waals surface area (Å²) in [6.45, 7) is 5.32. The van der Waals surface area contributed by atoms with Gasteiger partial charge in [-0.2, -0.15) is 0 Å². The van der Waals surface area contributed by atoms with E-state index in [1.807, 2.05) is 32.0 Å². The molecule has 0 aliphatic rings.